The van der Waals surface area contributed by atoms with E-state index in [0.717, 1.165) is 0 Å². The molecule has 16 heavy (non-hydrogen) atoms. The molecule has 0 aliphatic carbocycles. The summed E-state index contributed by atoms with van der Waals surface area (Å²) in [5.41, 5.74) is 5.19. The van der Waals surface area contributed by atoms with Gasteiger partial charge < -0.3 is 21.6 Å². The number of alkyl halides is 3. The van der Waals surface area contributed by atoms with Crippen LogP contribution in [0.4, 0.5) is 18.0 Å². The van der Waals surface area contributed by atoms with Gasteiger partial charge >= 0.3 is 12.2 Å². The molecule has 6 nitrogen and oxygen atoms in total. The number of hydrogen-bond donors (Lipinski definition) is 4. The summed E-state index contributed by atoms with van der Waals surface area (Å²) in [6.45, 7) is 0.179. The summed E-state index contributed by atoms with van der Waals surface area (Å²) >= 11 is 0. The van der Waals surface area contributed by atoms with E-state index in [0.29, 0.717) is 0 Å². The van der Waals surface area contributed by atoms with Gasteiger partial charge in [-0.15, -0.1) is 0 Å². The molecule has 0 aliphatic heterocycles. The lowest BCUT2D eigenvalue weighted by atomic mass is 10.2. The third-order valence-corrected chi connectivity index (χ3v) is 1.64. The molecule has 1 unspecified atom stereocenters. The van der Waals surface area contributed by atoms with Crippen molar-refractivity contribution >= 4 is 11.9 Å². The summed E-state index contributed by atoms with van der Waals surface area (Å²) in [4.78, 5) is 11.0. The molecule has 0 saturated heterocycles. The zero-order valence-corrected chi connectivity index (χ0v) is 8.51. The van der Waals surface area contributed by atoms with Crippen LogP contribution in [0.2, 0.25) is 0 Å². The van der Waals surface area contributed by atoms with Crippen LogP contribution in [0.5, 0.6) is 0 Å². The Balaban J connectivity index is 4.12. The predicted octanol–water partition coefficient (Wildman–Crippen LogP) is 0.373. The summed E-state index contributed by atoms with van der Waals surface area (Å²) in [5.74, 6) is -0.273. The predicted molar refractivity (Wildman–Crippen MR) is 50.1 cm³/mol. The molecule has 0 radical (unpaired) electrons. The van der Waals surface area contributed by atoms with E-state index in [9.17, 15) is 18.0 Å². The van der Waals surface area contributed by atoms with E-state index >= 15 is 0 Å². The van der Waals surface area contributed by atoms with Crippen LogP contribution >= 0.6 is 0 Å². The molecule has 9 heteroatoms. The van der Waals surface area contributed by atoms with Crippen LogP contribution in [0.1, 0.15) is 13.3 Å². The van der Waals surface area contributed by atoms with Gasteiger partial charge in [-0.3, -0.25) is 0 Å². The van der Waals surface area contributed by atoms with Gasteiger partial charge in [-0.05, 0) is 6.42 Å². The average molecular weight is 242 g/mol. The monoisotopic (exact) mass is 242 g/mol. The Morgan fingerprint density at radius 3 is 2.50 bits per heavy atom. The highest BCUT2D eigenvalue weighted by molar-refractivity contribution is 5.89. The number of carbonyl (C=O) groups is 1. The minimum absolute atomic E-state index is 0.273. The summed E-state index contributed by atoms with van der Waals surface area (Å²) < 4.78 is 35.2. The number of urea groups is 1. The standard InChI is InChI=1S/C7H13F3N4O2/c1-2-4(5(11)14-16)13-6(15)12-3-7(8,9)10/h4,16H,2-3H2,1H3,(H2,11,14)(H2,12,13,15). The third-order valence-electron chi connectivity index (χ3n) is 1.64. The van der Waals surface area contributed by atoms with Gasteiger partial charge in [0.15, 0.2) is 5.84 Å². The summed E-state index contributed by atoms with van der Waals surface area (Å²) in [6.07, 6.45) is -4.19. The number of rotatable bonds is 4. The normalized spacial score (nSPS) is 14.4. The molecule has 0 rings (SSSR count). The number of oxime groups is 1. The number of hydrogen-bond acceptors (Lipinski definition) is 3. The SMILES string of the molecule is CCC(NC(=O)NCC(F)(F)F)C(N)=NO. The molecule has 1 atom stereocenters. The van der Waals surface area contributed by atoms with Gasteiger partial charge in [-0.2, -0.15) is 13.2 Å². The lowest BCUT2D eigenvalue weighted by Crippen LogP contribution is -2.49. The number of nitrogens with zero attached hydrogens (tertiary/aromatic N) is 1. The Bertz CT molecular complexity index is 267. The van der Waals surface area contributed by atoms with Crippen molar-refractivity contribution in [3.05, 3.63) is 0 Å². The van der Waals surface area contributed by atoms with Gasteiger partial charge in [0.05, 0.1) is 6.04 Å². The second-order valence-electron chi connectivity index (χ2n) is 2.93. The molecular weight excluding hydrogens is 229 g/mol. The first-order valence-electron chi connectivity index (χ1n) is 4.38. The smallest absolute Gasteiger partial charge is 0.405 e. The fourth-order valence-electron chi connectivity index (χ4n) is 0.845. The first-order chi connectivity index (χ1) is 7.30. The molecule has 0 aliphatic rings. The number of halogens is 3. The van der Waals surface area contributed by atoms with Gasteiger partial charge in [0, 0.05) is 0 Å². The van der Waals surface area contributed by atoms with Crippen LogP contribution in [0.3, 0.4) is 0 Å². The van der Waals surface area contributed by atoms with E-state index in [2.05, 4.69) is 10.5 Å². The Morgan fingerprint density at radius 1 is 1.56 bits per heavy atom. The average Bonchev–Trinajstić information content (AvgIpc) is 2.21. The van der Waals surface area contributed by atoms with Crippen molar-refractivity contribution in [1.82, 2.24) is 10.6 Å². The van der Waals surface area contributed by atoms with Crippen LogP contribution in [-0.2, 0) is 0 Å². The highest BCUT2D eigenvalue weighted by Gasteiger charge is 2.28. The van der Waals surface area contributed by atoms with Crippen molar-refractivity contribution in [1.29, 1.82) is 0 Å². The molecule has 5 N–H and O–H groups in total. The number of amides is 2. The molecule has 0 aromatic heterocycles. The fourth-order valence-corrected chi connectivity index (χ4v) is 0.845. The molecule has 0 saturated carbocycles. The molecule has 0 aromatic carbocycles. The van der Waals surface area contributed by atoms with Gasteiger partial charge in [0.2, 0.25) is 0 Å². The third kappa shape index (κ3) is 5.94. The summed E-state index contributed by atoms with van der Waals surface area (Å²) in [5, 5.41) is 14.7. The number of nitrogens with two attached hydrogens (primary N) is 1. The van der Waals surface area contributed by atoms with Crippen LogP contribution < -0.4 is 16.4 Å². The summed E-state index contributed by atoms with van der Waals surface area (Å²) in [6, 6.07) is -1.84. The van der Waals surface area contributed by atoms with Crippen LogP contribution in [-0.4, -0.2) is 35.8 Å². The number of amidine groups is 1. The molecule has 94 valence electrons. The van der Waals surface area contributed by atoms with Crippen molar-refractivity contribution in [3.63, 3.8) is 0 Å². The van der Waals surface area contributed by atoms with Crippen molar-refractivity contribution < 1.29 is 23.2 Å². The van der Waals surface area contributed by atoms with E-state index < -0.39 is 24.8 Å². The van der Waals surface area contributed by atoms with E-state index in [1.54, 1.807) is 12.2 Å². The highest BCUT2D eigenvalue weighted by Crippen LogP contribution is 2.11. The van der Waals surface area contributed by atoms with Crippen LogP contribution in [0.15, 0.2) is 5.16 Å². The maximum absolute atomic E-state index is 11.7. The maximum Gasteiger partial charge on any atom is 0.405 e. The van der Waals surface area contributed by atoms with Gasteiger partial charge in [0.1, 0.15) is 6.54 Å². The zero-order chi connectivity index (χ0) is 12.8. The number of carbonyl (C=O) groups excluding carboxylic acids is 1. The fraction of sp³-hybridized carbons (Fsp3) is 0.714. The second kappa shape index (κ2) is 6.03. The highest BCUT2D eigenvalue weighted by atomic mass is 19.4. The zero-order valence-electron chi connectivity index (χ0n) is 8.51. The van der Waals surface area contributed by atoms with Gasteiger partial charge in [0.25, 0.3) is 0 Å². The lowest BCUT2D eigenvalue weighted by Gasteiger charge is -2.16. The topological polar surface area (TPSA) is 99.7 Å². The molecule has 0 spiro atoms. The van der Waals surface area contributed by atoms with E-state index in [1.165, 1.54) is 0 Å². The van der Waals surface area contributed by atoms with Crippen molar-refractivity contribution in [3.8, 4) is 0 Å². The van der Waals surface area contributed by atoms with Crippen molar-refractivity contribution in [2.24, 2.45) is 10.9 Å². The molecule has 0 fully saturated rings. The van der Waals surface area contributed by atoms with Crippen LogP contribution in [0.25, 0.3) is 0 Å². The Hall–Kier alpha value is -1.67. The minimum atomic E-state index is -4.48. The van der Waals surface area contributed by atoms with E-state index in [1.807, 2.05) is 0 Å². The van der Waals surface area contributed by atoms with Gasteiger partial charge in [-0.25, -0.2) is 4.79 Å². The molecular formula is C7H13F3N4O2. The first kappa shape index (κ1) is 14.3. The lowest BCUT2D eigenvalue weighted by molar-refractivity contribution is -0.122. The molecule has 0 aromatic rings. The number of nitrogens with one attached hydrogen (secondary N) is 2. The summed E-state index contributed by atoms with van der Waals surface area (Å²) in [7, 11) is 0. The maximum atomic E-state index is 11.7. The van der Waals surface area contributed by atoms with Crippen molar-refractivity contribution in [2.45, 2.75) is 25.6 Å². The Morgan fingerprint density at radius 2 is 2.12 bits per heavy atom. The van der Waals surface area contributed by atoms with E-state index in [4.69, 9.17) is 10.9 Å². The van der Waals surface area contributed by atoms with Crippen LogP contribution in [0, 0.1) is 0 Å². The molecule has 0 bridgehead atoms. The molecule has 0 heterocycles. The van der Waals surface area contributed by atoms with E-state index in [-0.39, 0.29) is 12.3 Å². The Labute approximate surface area is 89.7 Å². The second-order valence-corrected chi connectivity index (χ2v) is 2.93. The minimum Gasteiger partial charge on any atom is -0.409 e. The van der Waals surface area contributed by atoms with Crippen molar-refractivity contribution in [2.75, 3.05) is 6.54 Å². The first-order valence-corrected chi connectivity index (χ1v) is 4.38. The van der Waals surface area contributed by atoms with Gasteiger partial charge in [-0.1, -0.05) is 12.1 Å². The molecule has 2 amide bonds. The largest absolute Gasteiger partial charge is 0.409 e. The Kier molecular flexibility index (Phi) is 5.40. The quantitative estimate of drug-likeness (QED) is 0.248.